The predicted molar refractivity (Wildman–Crippen MR) is 83.2 cm³/mol. The molecule has 0 aliphatic heterocycles. The number of rotatable bonds is 6. The molecule has 1 aliphatic rings. The van der Waals surface area contributed by atoms with Gasteiger partial charge < -0.3 is 5.32 Å². The SMILES string of the molecule is CCNC(c1ccccc1F)C1(CC(C)C)CCCC1. The second-order valence-electron chi connectivity index (χ2n) is 6.68. The average Bonchev–Trinajstić information content (AvgIpc) is 2.85. The van der Waals surface area contributed by atoms with E-state index in [4.69, 9.17) is 0 Å². The van der Waals surface area contributed by atoms with Crippen molar-refractivity contribution >= 4 is 0 Å². The summed E-state index contributed by atoms with van der Waals surface area (Å²) in [5, 5.41) is 3.59. The summed E-state index contributed by atoms with van der Waals surface area (Å²) >= 11 is 0. The van der Waals surface area contributed by atoms with E-state index in [1.165, 1.54) is 32.1 Å². The van der Waals surface area contributed by atoms with E-state index in [2.05, 4.69) is 26.1 Å². The van der Waals surface area contributed by atoms with Crippen molar-refractivity contribution in [3.05, 3.63) is 35.6 Å². The first-order valence-corrected chi connectivity index (χ1v) is 8.07. The molecule has 112 valence electrons. The first kappa shape index (κ1) is 15.5. The zero-order valence-electron chi connectivity index (χ0n) is 13.1. The Kier molecular flexibility index (Phi) is 5.20. The molecule has 2 heteroatoms. The maximum Gasteiger partial charge on any atom is 0.127 e. The molecule has 20 heavy (non-hydrogen) atoms. The van der Waals surface area contributed by atoms with E-state index in [0.29, 0.717) is 5.92 Å². The summed E-state index contributed by atoms with van der Waals surface area (Å²) in [6.07, 6.45) is 6.18. The first-order chi connectivity index (χ1) is 9.59. The zero-order chi connectivity index (χ0) is 14.6. The van der Waals surface area contributed by atoms with Gasteiger partial charge >= 0.3 is 0 Å². The van der Waals surface area contributed by atoms with Gasteiger partial charge in [-0.15, -0.1) is 0 Å². The molecule has 1 aromatic carbocycles. The smallest absolute Gasteiger partial charge is 0.127 e. The molecule has 0 bridgehead atoms. The Balaban J connectivity index is 2.37. The number of hydrogen-bond donors (Lipinski definition) is 1. The molecule has 0 radical (unpaired) electrons. The fourth-order valence-electron chi connectivity index (χ4n) is 4.07. The summed E-state index contributed by atoms with van der Waals surface area (Å²) in [5.41, 5.74) is 1.09. The number of hydrogen-bond acceptors (Lipinski definition) is 1. The fourth-order valence-corrected chi connectivity index (χ4v) is 4.07. The molecule has 1 N–H and O–H groups in total. The summed E-state index contributed by atoms with van der Waals surface area (Å²) in [5.74, 6) is 0.592. The Morgan fingerprint density at radius 2 is 1.85 bits per heavy atom. The van der Waals surface area contributed by atoms with Gasteiger partial charge in [0.2, 0.25) is 0 Å². The molecule has 0 amide bonds. The minimum atomic E-state index is -0.0616. The molecule has 1 saturated carbocycles. The van der Waals surface area contributed by atoms with Crippen LogP contribution in [0.4, 0.5) is 4.39 Å². The molecule has 0 heterocycles. The van der Waals surface area contributed by atoms with E-state index in [1.54, 1.807) is 12.1 Å². The van der Waals surface area contributed by atoms with Crippen molar-refractivity contribution in [1.29, 1.82) is 0 Å². The van der Waals surface area contributed by atoms with Crippen LogP contribution in [-0.4, -0.2) is 6.54 Å². The van der Waals surface area contributed by atoms with Crippen molar-refractivity contribution in [3.63, 3.8) is 0 Å². The largest absolute Gasteiger partial charge is 0.310 e. The number of benzene rings is 1. The predicted octanol–water partition coefficient (Wildman–Crippen LogP) is 5.08. The van der Waals surface area contributed by atoms with E-state index in [9.17, 15) is 4.39 Å². The van der Waals surface area contributed by atoms with Gasteiger partial charge in [-0.1, -0.05) is 51.8 Å². The summed E-state index contributed by atoms with van der Waals surface area (Å²) < 4.78 is 14.3. The normalized spacial score (nSPS) is 19.4. The minimum Gasteiger partial charge on any atom is -0.310 e. The molecular weight excluding hydrogens is 249 g/mol. The quantitative estimate of drug-likeness (QED) is 0.764. The van der Waals surface area contributed by atoms with Gasteiger partial charge in [-0.05, 0) is 43.2 Å². The van der Waals surface area contributed by atoms with E-state index >= 15 is 0 Å². The van der Waals surface area contributed by atoms with Crippen LogP contribution >= 0.6 is 0 Å². The van der Waals surface area contributed by atoms with E-state index in [1.807, 2.05) is 12.1 Å². The lowest BCUT2D eigenvalue weighted by atomic mass is 9.70. The molecule has 0 spiro atoms. The van der Waals surface area contributed by atoms with Crippen LogP contribution in [0.15, 0.2) is 24.3 Å². The summed E-state index contributed by atoms with van der Waals surface area (Å²) in [6, 6.07) is 7.45. The second-order valence-corrected chi connectivity index (χ2v) is 6.68. The monoisotopic (exact) mass is 277 g/mol. The fraction of sp³-hybridized carbons (Fsp3) is 0.667. The third kappa shape index (κ3) is 3.22. The van der Waals surface area contributed by atoms with E-state index in [0.717, 1.165) is 12.1 Å². The number of halogens is 1. The maximum atomic E-state index is 14.3. The minimum absolute atomic E-state index is 0.0616. The second kappa shape index (κ2) is 6.71. The Morgan fingerprint density at radius 1 is 1.20 bits per heavy atom. The van der Waals surface area contributed by atoms with Gasteiger partial charge in [0.15, 0.2) is 0 Å². The highest BCUT2D eigenvalue weighted by Crippen LogP contribution is 2.51. The van der Waals surface area contributed by atoms with E-state index in [-0.39, 0.29) is 17.3 Å². The Hall–Kier alpha value is -0.890. The maximum absolute atomic E-state index is 14.3. The van der Waals surface area contributed by atoms with Crippen molar-refractivity contribution in [2.75, 3.05) is 6.54 Å². The zero-order valence-corrected chi connectivity index (χ0v) is 13.1. The molecule has 1 unspecified atom stereocenters. The van der Waals surface area contributed by atoms with Gasteiger partial charge in [-0.3, -0.25) is 0 Å². The Labute approximate surface area is 123 Å². The molecule has 2 rings (SSSR count). The van der Waals surface area contributed by atoms with Gasteiger partial charge in [0.1, 0.15) is 5.82 Å². The highest BCUT2D eigenvalue weighted by Gasteiger charge is 2.42. The molecule has 1 aliphatic carbocycles. The topological polar surface area (TPSA) is 12.0 Å². The van der Waals surface area contributed by atoms with Crippen molar-refractivity contribution in [3.8, 4) is 0 Å². The van der Waals surface area contributed by atoms with Gasteiger partial charge in [0.05, 0.1) is 0 Å². The summed E-state index contributed by atoms with van der Waals surface area (Å²) in [6.45, 7) is 7.57. The van der Waals surface area contributed by atoms with Crippen molar-refractivity contribution in [2.45, 2.75) is 58.9 Å². The third-order valence-corrected chi connectivity index (χ3v) is 4.65. The van der Waals surface area contributed by atoms with Crippen molar-refractivity contribution in [2.24, 2.45) is 11.3 Å². The van der Waals surface area contributed by atoms with Crippen LogP contribution in [0.2, 0.25) is 0 Å². The average molecular weight is 277 g/mol. The van der Waals surface area contributed by atoms with Crippen LogP contribution in [0.3, 0.4) is 0 Å². The molecule has 0 saturated heterocycles. The molecule has 1 nitrogen and oxygen atoms in total. The van der Waals surface area contributed by atoms with Crippen LogP contribution < -0.4 is 5.32 Å². The third-order valence-electron chi connectivity index (χ3n) is 4.65. The standard InChI is InChI=1S/C18H28FN/c1-4-20-17(15-9-5-6-10-16(15)19)18(13-14(2)3)11-7-8-12-18/h5-6,9-10,14,17,20H,4,7-8,11-13H2,1-3H3. The molecule has 1 atom stereocenters. The molecular formula is C18H28FN. The molecule has 0 aromatic heterocycles. The number of nitrogens with one attached hydrogen (secondary N) is 1. The Bertz CT molecular complexity index is 421. The van der Waals surface area contributed by atoms with Crippen molar-refractivity contribution < 1.29 is 4.39 Å². The highest BCUT2D eigenvalue weighted by atomic mass is 19.1. The summed E-state index contributed by atoms with van der Waals surface area (Å²) in [4.78, 5) is 0. The van der Waals surface area contributed by atoms with E-state index < -0.39 is 0 Å². The van der Waals surface area contributed by atoms with Crippen molar-refractivity contribution in [1.82, 2.24) is 5.32 Å². The Morgan fingerprint density at radius 3 is 2.40 bits per heavy atom. The summed E-state index contributed by atoms with van der Waals surface area (Å²) in [7, 11) is 0. The van der Waals surface area contributed by atoms with Gasteiger partial charge in [-0.2, -0.15) is 0 Å². The van der Waals surface area contributed by atoms with Gasteiger partial charge in [0, 0.05) is 11.6 Å². The molecule has 1 fully saturated rings. The lowest BCUT2D eigenvalue weighted by Crippen LogP contribution is -2.38. The van der Waals surface area contributed by atoms with Gasteiger partial charge in [-0.25, -0.2) is 4.39 Å². The van der Waals surface area contributed by atoms with Crippen LogP contribution in [0.25, 0.3) is 0 Å². The van der Waals surface area contributed by atoms with Gasteiger partial charge in [0.25, 0.3) is 0 Å². The highest BCUT2D eigenvalue weighted by molar-refractivity contribution is 5.24. The lowest BCUT2D eigenvalue weighted by Gasteiger charge is -2.40. The lowest BCUT2D eigenvalue weighted by molar-refractivity contribution is 0.154. The first-order valence-electron chi connectivity index (χ1n) is 8.07. The molecule has 1 aromatic rings. The van der Waals surface area contributed by atoms with Crippen LogP contribution in [0.1, 0.15) is 64.5 Å². The van der Waals surface area contributed by atoms with Crippen LogP contribution in [0, 0.1) is 17.2 Å². The van der Waals surface area contributed by atoms with Crippen LogP contribution in [-0.2, 0) is 0 Å². The van der Waals surface area contributed by atoms with Crippen LogP contribution in [0.5, 0.6) is 0 Å².